The van der Waals surface area contributed by atoms with Gasteiger partial charge in [-0.3, -0.25) is 0 Å². The molecule has 0 amide bonds. The fourth-order valence-electron chi connectivity index (χ4n) is 1.40. The number of hydrogen-bond acceptors (Lipinski definition) is 2. The van der Waals surface area contributed by atoms with Gasteiger partial charge in [0.2, 0.25) is 0 Å². The van der Waals surface area contributed by atoms with Crippen LogP contribution in [0.15, 0.2) is 28.7 Å². The van der Waals surface area contributed by atoms with Crippen molar-refractivity contribution in [3.05, 3.63) is 34.3 Å². The first-order valence-electron chi connectivity index (χ1n) is 5.76. The number of nitrogens with one attached hydrogen (secondary N) is 1. The Kier molecular flexibility index (Phi) is 6.03. The molecule has 0 spiro atoms. The third-order valence-electron chi connectivity index (χ3n) is 2.32. The molecule has 16 heavy (non-hydrogen) atoms. The molecule has 1 aromatic carbocycles. The van der Waals surface area contributed by atoms with Crippen LogP contribution in [-0.2, 0) is 4.84 Å². The topological polar surface area (TPSA) is 21.3 Å². The van der Waals surface area contributed by atoms with Gasteiger partial charge in [0.1, 0.15) is 0 Å². The van der Waals surface area contributed by atoms with Crippen LogP contribution in [0.4, 0.5) is 0 Å². The molecule has 1 atom stereocenters. The van der Waals surface area contributed by atoms with Crippen molar-refractivity contribution in [1.29, 1.82) is 0 Å². The predicted octanol–water partition coefficient (Wildman–Crippen LogP) is 4.08. The molecule has 0 fully saturated rings. The minimum absolute atomic E-state index is 0.270. The number of benzene rings is 1. The van der Waals surface area contributed by atoms with Crippen molar-refractivity contribution in [2.24, 2.45) is 5.92 Å². The largest absolute Gasteiger partial charge is 0.301 e. The van der Waals surface area contributed by atoms with Crippen LogP contribution >= 0.6 is 15.9 Å². The molecule has 0 heterocycles. The van der Waals surface area contributed by atoms with Gasteiger partial charge in [-0.25, -0.2) is 0 Å². The molecule has 0 radical (unpaired) electrons. The molecule has 0 aliphatic rings. The Morgan fingerprint density at radius 3 is 2.38 bits per heavy atom. The summed E-state index contributed by atoms with van der Waals surface area (Å²) >= 11 is 3.44. The van der Waals surface area contributed by atoms with E-state index in [4.69, 9.17) is 4.84 Å². The first-order chi connectivity index (χ1) is 7.63. The minimum atomic E-state index is 0.270. The van der Waals surface area contributed by atoms with Gasteiger partial charge in [-0.1, -0.05) is 48.8 Å². The highest BCUT2D eigenvalue weighted by atomic mass is 79.9. The summed E-state index contributed by atoms with van der Waals surface area (Å²) in [5.41, 5.74) is 4.38. The van der Waals surface area contributed by atoms with Gasteiger partial charge in [-0.2, -0.15) is 5.48 Å². The highest BCUT2D eigenvalue weighted by molar-refractivity contribution is 9.10. The van der Waals surface area contributed by atoms with Gasteiger partial charge in [-0.05, 0) is 30.0 Å². The highest BCUT2D eigenvalue weighted by Crippen LogP contribution is 2.19. The van der Waals surface area contributed by atoms with Crippen LogP contribution in [-0.4, -0.2) is 6.61 Å². The second-order valence-corrected chi connectivity index (χ2v) is 5.25. The Balaban J connectivity index is 2.50. The van der Waals surface area contributed by atoms with E-state index in [9.17, 15) is 0 Å². The average molecular weight is 286 g/mol. The summed E-state index contributed by atoms with van der Waals surface area (Å²) in [6.07, 6.45) is 1.01. The van der Waals surface area contributed by atoms with E-state index >= 15 is 0 Å². The van der Waals surface area contributed by atoms with Gasteiger partial charge >= 0.3 is 0 Å². The summed E-state index contributed by atoms with van der Waals surface area (Å²) in [6.45, 7) is 7.18. The third kappa shape index (κ3) is 4.64. The van der Waals surface area contributed by atoms with E-state index in [0.717, 1.165) is 17.5 Å². The lowest BCUT2D eigenvalue weighted by molar-refractivity contribution is -0.000583. The zero-order valence-electron chi connectivity index (χ0n) is 10.2. The molecule has 1 rings (SSSR count). The fraction of sp³-hybridized carbons (Fsp3) is 0.538. The van der Waals surface area contributed by atoms with Crippen molar-refractivity contribution >= 4 is 15.9 Å². The second-order valence-electron chi connectivity index (χ2n) is 4.34. The first-order valence-corrected chi connectivity index (χ1v) is 6.55. The third-order valence-corrected chi connectivity index (χ3v) is 2.85. The molecule has 0 saturated heterocycles. The molecule has 0 bridgehead atoms. The fourth-order valence-corrected chi connectivity index (χ4v) is 1.66. The molecule has 0 aromatic heterocycles. The lowest BCUT2D eigenvalue weighted by Gasteiger charge is -2.18. The molecule has 0 aliphatic heterocycles. The predicted molar refractivity (Wildman–Crippen MR) is 71.1 cm³/mol. The SMILES string of the molecule is CCC(NOCC(C)C)c1ccc(Br)cc1. The molecule has 0 aliphatic carbocycles. The summed E-state index contributed by atoms with van der Waals surface area (Å²) in [6, 6.07) is 8.62. The summed E-state index contributed by atoms with van der Waals surface area (Å²) in [4.78, 5) is 5.47. The summed E-state index contributed by atoms with van der Waals surface area (Å²) in [5, 5.41) is 0. The van der Waals surface area contributed by atoms with Gasteiger partial charge in [-0.15, -0.1) is 0 Å². The Hall–Kier alpha value is -0.380. The monoisotopic (exact) mass is 285 g/mol. The molecular formula is C13H20BrNO. The number of halogens is 1. The Bertz CT molecular complexity index is 297. The lowest BCUT2D eigenvalue weighted by Crippen LogP contribution is -2.23. The van der Waals surface area contributed by atoms with E-state index in [0.29, 0.717) is 5.92 Å². The first kappa shape index (κ1) is 13.7. The van der Waals surface area contributed by atoms with Gasteiger partial charge < -0.3 is 4.84 Å². The second kappa shape index (κ2) is 7.05. The van der Waals surface area contributed by atoms with Crippen LogP contribution in [0.1, 0.15) is 38.8 Å². The van der Waals surface area contributed by atoms with E-state index in [1.54, 1.807) is 0 Å². The van der Waals surface area contributed by atoms with E-state index in [2.05, 4.69) is 66.4 Å². The van der Waals surface area contributed by atoms with Crippen molar-refractivity contribution < 1.29 is 4.84 Å². The van der Waals surface area contributed by atoms with Crippen molar-refractivity contribution in [3.63, 3.8) is 0 Å². The molecule has 1 aromatic rings. The van der Waals surface area contributed by atoms with Gasteiger partial charge in [0, 0.05) is 4.47 Å². The zero-order chi connectivity index (χ0) is 12.0. The normalized spacial score (nSPS) is 13.1. The molecule has 3 heteroatoms. The van der Waals surface area contributed by atoms with E-state index in [1.807, 2.05) is 0 Å². The molecule has 0 saturated carbocycles. The van der Waals surface area contributed by atoms with E-state index in [1.165, 1.54) is 5.56 Å². The van der Waals surface area contributed by atoms with E-state index < -0.39 is 0 Å². The lowest BCUT2D eigenvalue weighted by atomic mass is 10.1. The smallest absolute Gasteiger partial charge is 0.0705 e. The standard InChI is InChI=1S/C13H20BrNO/c1-4-13(15-16-9-10(2)3)11-5-7-12(14)8-6-11/h5-8,10,13,15H,4,9H2,1-3H3. The number of rotatable bonds is 6. The molecule has 1 unspecified atom stereocenters. The van der Waals surface area contributed by atoms with E-state index in [-0.39, 0.29) is 6.04 Å². The number of hydroxylamine groups is 1. The van der Waals surface area contributed by atoms with Crippen molar-refractivity contribution in [2.75, 3.05) is 6.61 Å². The van der Waals surface area contributed by atoms with Gasteiger partial charge in [0.05, 0.1) is 12.6 Å². The van der Waals surface area contributed by atoms with Crippen LogP contribution in [0.2, 0.25) is 0 Å². The van der Waals surface area contributed by atoms with Gasteiger partial charge in [0.25, 0.3) is 0 Å². The van der Waals surface area contributed by atoms with Crippen LogP contribution in [0, 0.1) is 5.92 Å². The molecular weight excluding hydrogens is 266 g/mol. The van der Waals surface area contributed by atoms with Crippen LogP contribution in [0.5, 0.6) is 0 Å². The Morgan fingerprint density at radius 1 is 1.25 bits per heavy atom. The van der Waals surface area contributed by atoms with Crippen LogP contribution < -0.4 is 5.48 Å². The molecule has 1 N–H and O–H groups in total. The Morgan fingerprint density at radius 2 is 1.88 bits per heavy atom. The van der Waals surface area contributed by atoms with Crippen LogP contribution in [0.3, 0.4) is 0 Å². The molecule has 2 nitrogen and oxygen atoms in total. The Labute approximate surface area is 106 Å². The summed E-state index contributed by atoms with van der Waals surface area (Å²) in [7, 11) is 0. The van der Waals surface area contributed by atoms with Crippen molar-refractivity contribution in [1.82, 2.24) is 5.48 Å². The maximum absolute atomic E-state index is 5.47. The maximum Gasteiger partial charge on any atom is 0.0705 e. The highest BCUT2D eigenvalue weighted by Gasteiger charge is 2.08. The van der Waals surface area contributed by atoms with Crippen molar-refractivity contribution in [2.45, 2.75) is 33.2 Å². The van der Waals surface area contributed by atoms with Gasteiger partial charge in [0.15, 0.2) is 0 Å². The zero-order valence-corrected chi connectivity index (χ0v) is 11.8. The summed E-state index contributed by atoms with van der Waals surface area (Å²) in [5.74, 6) is 0.551. The quantitative estimate of drug-likeness (QED) is 0.796. The average Bonchev–Trinajstić information content (AvgIpc) is 2.26. The maximum atomic E-state index is 5.47. The molecule has 90 valence electrons. The number of hydrogen-bond donors (Lipinski definition) is 1. The van der Waals surface area contributed by atoms with Crippen LogP contribution in [0.25, 0.3) is 0 Å². The van der Waals surface area contributed by atoms with Crippen molar-refractivity contribution in [3.8, 4) is 0 Å². The minimum Gasteiger partial charge on any atom is -0.301 e. The summed E-state index contributed by atoms with van der Waals surface area (Å²) < 4.78 is 1.11.